The number of aromatic nitrogens is 3. The third kappa shape index (κ3) is 5.70. The Morgan fingerprint density at radius 1 is 1.06 bits per heavy atom. The lowest BCUT2D eigenvalue weighted by molar-refractivity contribution is -0.118. The summed E-state index contributed by atoms with van der Waals surface area (Å²) in [5.74, 6) is 0.290. The monoisotopic (exact) mass is 436 g/mol. The molecule has 2 N–H and O–H groups in total. The molecule has 1 amide bonds. The Labute approximate surface area is 192 Å². The highest BCUT2D eigenvalue weighted by Crippen LogP contribution is 2.17. The van der Waals surface area contributed by atoms with Gasteiger partial charge in [0.1, 0.15) is 11.9 Å². The molecule has 164 valence electrons. The molecule has 4 aromatic rings. The van der Waals surface area contributed by atoms with Gasteiger partial charge in [0.2, 0.25) is 5.91 Å². The first-order chi connectivity index (χ1) is 16.1. The SMILES string of the molecule is Cc1cnn(-c2ccc(NC(=O)C(NCCc3ccc(C#N)cc3)c3ccccc3)nc2)c1. The van der Waals surface area contributed by atoms with Crippen LogP contribution in [0, 0.1) is 18.3 Å². The van der Waals surface area contributed by atoms with E-state index in [1.165, 1.54) is 0 Å². The van der Waals surface area contributed by atoms with Crippen molar-refractivity contribution in [1.29, 1.82) is 5.26 Å². The molecule has 2 heterocycles. The van der Waals surface area contributed by atoms with Gasteiger partial charge in [-0.2, -0.15) is 10.4 Å². The number of nitriles is 1. The molecule has 2 aromatic heterocycles. The Morgan fingerprint density at radius 2 is 1.85 bits per heavy atom. The summed E-state index contributed by atoms with van der Waals surface area (Å²) in [5, 5.41) is 19.5. The van der Waals surface area contributed by atoms with E-state index >= 15 is 0 Å². The minimum atomic E-state index is -0.528. The molecule has 0 fully saturated rings. The Morgan fingerprint density at radius 3 is 2.48 bits per heavy atom. The van der Waals surface area contributed by atoms with Crippen molar-refractivity contribution in [3.8, 4) is 11.8 Å². The highest BCUT2D eigenvalue weighted by Gasteiger charge is 2.20. The summed E-state index contributed by atoms with van der Waals surface area (Å²) in [5.41, 5.74) is 4.49. The molecule has 33 heavy (non-hydrogen) atoms. The van der Waals surface area contributed by atoms with Crippen LogP contribution in [-0.2, 0) is 11.2 Å². The molecule has 0 bridgehead atoms. The van der Waals surface area contributed by atoms with E-state index in [0.29, 0.717) is 17.9 Å². The van der Waals surface area contributed by atoms with Crippen molar-refractivity contribution in [2.45, 2.75) is 19.4 Å². The smallest absolute Gasteiger partial charge is 0.247 e. The summed E-state index contributed by atoms with van der Waals surface area (Å²) in [7, 11) is 0. The third-order valence-corrected chi connectivity index (χ3v) is 5.22. The number of aryl methyl sites for hydroxylation is 1. The molecular formula is C26H24N6O. The summed E-state index contributed by atoms with van der Waals surface area (Å²) >= 11 is 0. The number of nitrogens with zero attached hydrogens (tertiary/aromatic N) is 4. The molecule has 1 atom stereocenters. The zero-order valence-electron chi connectivity index (χ0n) is 18.3. The fraction of sp³-hybridized carbons (Fsp3) is 0.154. The van der Waals surface area contributed by atoms with Gasteiger partial charge >= 0.3 is 0 Å². The fourth-order valence-corrected chi connectivity index (χ4v) is 3.46. The summed E-state index contributed by atoms with van der Waals surface area (Å²) < 4.78 is 1.74. The van der Waals surface area contributed by atoms with Crippen LogP contribution in [0.15, 0.2) is 85.3 Å². The molecule has 7 heteroatoms. The van der Waals surface area contributed by atoms with Crippen LogP contribution in [0.25, 0.3) is 5.69 Å². The van der Waals surface area contributed by atoms with Crippen molar-refractivity contribution >= 4 is 11.7 Å². The second kappa shape index (κ2) is 10.4. The normalized spacial score (nSPS) is 11.5. The minimum absolute atomic E-state index is 0.184. The van der Waals surface area contributed by atoms with Gasteiger partial charge in [-0.25, -0.2) is 9.67 Å². The predicted octanol–water partition coefficient (Wildman–Crippen LogP) is 3.96. The number of anilines is 1. The van der Waals surface area contributed by atoms with Crippen LogP contribution in [0.5, 0.6) is 0 Å². The van der Waals surface area contributed by atoms with Crippen LogP contribution >= 0.6 is 0 Å². The molecule has 0 aliphatic heterocycles. The van der Waals surface area contributed by atoms with Crippen molar-refractivity contribution in [3.05, 3.63) is 108 Å². The number of amides is 1. The first-order valence-electron chi connectivity index (χ1n) is 10.7. The Balaban J connectivity index is 1.42. The molecular weight excluding hydrogens is 412 g/mol. The Kier molecular flexibility index (Phi) is 6.88. The lowest BCUT2D eigenvalue weighted by Gasteiger charge is -2.19. The van der Waals surface area contributed by atoms with Crippen LogP contribution in [0.3, 0.4) is 0 Å². The summed E-state index contributed by atoms with van der Waals surface area (Å²) in [6.07, 6.45) is 6.11. The van der Waals surface area contributed by atoms with Gasteiger partial charge in [-0.15, -0.1) is 0 Å². The maximum atomic E-state index is 13.1. The molecule has 0 saturated carbocycles. The Hall–Kier alpha value is -4.28. The molecule has 4 rings (SSSR count). The highest BCUT2D eigenvalue weighted by atomic mass is 16.2. The number of pyridine rings is 1. The number of carbonyl (C=O) groups is 1. The van der Waals surface area contributed by atoms with E-state index in [2.05, 4.69) is 26.8 Å². The van der Waals surface area contributed by atoms with Gasteiger partial charge in [-0.1, -0.05) is 42.5 Å². The molecule has 2 aromatic carbocycles. The lowest BCUT2D eigenvalue weighted by atomic mass is 10.1. The van der Waals surface area contributed by atoms with E-state index in [-0.39, 0.29) is 5.91 Å². The van der Waals surface area contributed by atoms with Crippen LogP contribution in [0.1, 0.15) is 28.3 Å². The van der Waals surface area contributed by atoms with E-state index in [9.17, 15) is 4.79 Å². The van der Waals surface area contributed by atoms with E-state index in [0.717, 1.165) is 28.8 Å². The molecule has 0 aliphatic carbocycles. The summed E-state index contributed by atoms with van der Waals surface area (Å²) in [6, 6.07) is 22.3. The van der Waals surface area contributed by atoms with E-state index < -0.39 is 6.04 Å². The van der Waals surface area contributed by atoms with Gasteiger partial charge in [-0.05, 0) is 54.3 Å². The van der Waals surface area contributed by atoms with Gasteiger partial charge < -0.3 is 10.6 Å². The average Bonchev–Trinajstić information content (AvgIpc) is 3.29. The zero-order chi connectivity index (χ0) is 23.0. The summed E-state index contributed by atoms with van der Waals surface area (Å²) in [6.45, 7) is 2.58. The first kappa shape index (κ1) is 21.9. The average molecular weight is 437 g/mol. The third-order valence-electron chi connectivity index (χ3n) is 5.22. The number of benzene rings is 2. The molecule has 7 nitrogen and oxygen atoms in total. The van der Waals surface area contributed by atoms with Crippen molar-refractivity contribution < 1.29 is 4.79 Å². The van der Waals surface area contributed by atoms with Crippen molar-refractivity contribution in [2.24, 2.45) is 0 Å². The lowest BCUT2D eigenvalue weighted by Crippen LogP contribution is -2.34. The fourth-order valence-electron chi connectivity index (χ4n) is 3.46. The number of hydrogen-bond acceptors (Lipinski definition) is 5. The molecule has 0 saturated heterocycles. The number of nitrogens with one attached hydrogen (secondary N) is 2. The quantitative estimate of drug-likeness (QED) is 0.436. The van der Waals surface area contributed by atoms with E-state index in [1.807, 2.05) is 61.7 Å². The van der Waals surface area contributed by atoms with Crippen LogP contribution in [-0.4, -0.2) is 27.2 Å². The van der Waals surface area contributed by atoms with Crippen LogP contribution in [0.2, 0.25) is 0 Å². The molecule has 1 unspecified atom stereocenters. The molecule has 0 aliphatic rings. The summed E-state index contributed by atoms with van der Waals surface area (Å²) in [4.78, 5) is 17.5. The topological polar surface area (TPSA) is 95.6 Å². The van der Waals surface area contributed by atoms with Crippen LogP contribution in [0.4, 0.5) is 5.82 Å². The maximum Gasteiger partial charge on any atom is 0.247 e. The highest BCUT2D eigenvalue weighted by molar-refractivity contribution is 5.94. The van der Waals surface area contributed by atoms with E-state index in [1.54, 1.807) is 35.3 Å². The zero-order valence-corrected chi connectivity index (χ0v) is 18.3. The predicted molar refractivity (Wildman–Crippen MR) is 127 cm³/mol. The standard InChI is InChI=1S/C26H24N6O/c1-19-16-30-32(18-19)23-11-12-24(29-17-23)31-26(33)25(22-5-3-2-4-6-22)28-14-13-20-7-9-21(15-27)10-8-20/h2-12,16-18,25,28H,13-14H2,1H3,(H,29,31,33). The largest absolute Gasteiger partial charge is 0.309 e. The van der Waals surface area contributed by atoms with Crippen molar-refractivity contribution in [1.82, 2.24) is 20.1 Å². The van der Waals surface area contributed by atoms with Gasteiger partial charge in [0.25, 0.3) is 0 Å². The Bertz CT molecular complexity index is 1240. The number of hydrogen-bond donors (Lipinski definition) is 2. The minimum Gasteiger partial charge on any atom is -0.309 e. The molecule has 0 radical (unpaired) electrons. The van der Waals surface area contributed by atoms with Gasteiger partial charge in [-0.3, -0.25) is 4.79 Å². The van der Waals surface area contributed by atoms with E-state index in [4.69, 9.17) is 5.26 Å². The van der Waals surface area contributed by atoms with Crippen molar-refractivity contribution in [2.75, 3.05) is 11.9 Å². The number of carbonyl (C=O) groups excluding carboxylic acids is 1. The van der Waals surface area contributed by atoms with Gasteiger partial charge in [0.15, 0.2) is 0 Å². The molecule has 0 spiro atoms. The van der Waals surface area contributed by atoms with Crippen molar-refractivity contribution in [3.63, 3.8) is 0 Å². The second-order valence-electron chi connectivity index (χ2n) is 7.71. The van der Waals surface area contributed by atoms with Crippen LogP contribution < -0.4 is 10.6 Å². The maximum absolute atomic E-state index is 13.1. The van der Waals surface area contributed by atoms with Gasteiger partial charge in [0, 0.05) is 12.7 Å². The first-order valence-corrected chi connectivity index (χ1v) is 10.7. The van der Waals surface area contributed by atoms with Gasteiger partial charge in [0.05, 0.1) is 29.7 Å². The second-order valence-corrected chi connectivity index (χ2v) is 7.71. The number of rotatable bonds is 8.